The minimum absolute atomic E-state index is 0.0567. The van der Waals surface area contributed by atoms with Crippen LogP contribution in [0.5, 0.6) is 0 Å². The molecule has 0 spiro atoms. The molecule has 0 aliphatic rings. The second-order valence-corrected chi connectivity index (χ2v) is 7.29. The zero-order valence-corrected chi connectivity index (χ0v) is 16.6. The normalized spacial score (nSPS) is 12.3. The maximum atomic E-state index is 12.9. The van der Waals surface area contributed by atoms with Crippen molar-refractivity contribution in [3.63, 3.8) is 0 Å². The summed E-state index contributed by atoms with van der Waals surface area (Å²) in [5.74, 6) is -0.0567. The van der Waals surface area contributed by atoms with Gasteiger partial charge in [0.15, 0.2) is 5.65 Å². The molecule has 1 N–H and O–H groups in total. The van der Waals surface area contributed by atoms with E-state index in [0.717, 1.165) is 29.4 Å². The fourth-order valence-corrected chi connectivity index (χ4v) is 3.80. The van der Waals surface area contributed by atoms with Gasteiger partial charge in [0.05, 0.1) is 5.52 Å². The summed E-state index contributed by atoms with van der Waals surface area (Å²) in [7, 11) is 0. The van der Waals surface area contributed by atoms with Crippen LogP contribution < -0.4 is 10.9 Å². The Balaban J connectivity index is 1.58. The molecule has 0 saturated carbocycles. The second kappa shape index (κ2) is 7.91. The van der Waals surface area contributed by atoms with Crippen LogP contribution in [0.25, 0.3) is 16.6 Å². The van der Waals surface area contributed by atoms with Crippen LogP contribution >= 0.6 is 0 Å². The van der Waals surface area contributed by atoms with Crippen LogP contribution in [-0.4, -0.2) is 26.6 Å². The number of nitrogens with one attached hydrogen (secondary N) is 1. The quantitative estimate of drug-likeness (QED) is 0.516. The number of fused-ring (bicyclic) bond motifs is 3. The molecule has 0 aliphatic heterocycles. The standard InChI is InChI=1S/C23H24N4O2/c1-16-15-21(28)25-22-19-12-6-7-13-20(19)27(26(16)22)17(2)23(29)24-14-8-11-18-9-4-3-5-10-18/h3-7,9-10,12-13,15,17H,8,11,14H2,1-2H3,(H,24,29)/t17-/m1/s1. The molecule has 6 heteroatoms. The number of hydrogen-bond donors (Lipinski definition) is 1. The zero-order chi connectivity index (χ0) is 20.4. The third kappa shape index (κ3) is 3.66. The molecule has 1 amide bonds. The summed E-state index contributed by atoms with van der Waals surface area (Å²) in [6.07, 6.45) is 1.80. The van der Waals surface area contributed by atoms with Crippen molar-refractivity contribution in [1.29, 1.82) is 0 Å². The number of hydrogen-bond acceptors (Lipinski definition) is 3. The molecule has 0 fully saturated rings. The van der Waals surface area contributed by atoms with Crippen molar-refractivity contribution < 1.29 is 4.79 Å². The first-order valence-electron chi connectivity index (χ1n) is 9.87. The van der Waals surface area contributed by atoms with Gasteiger partial charge in [-0.25, -0.2) is 4.52 Å². The summed E-state index contributed by atoms with van der Waals surface area (Å²) < 4.78 is 3.78. The number of para-hydroxylation sites is 1. The number of aryl methyl sites for hydroxylation is 2. The Morgan fingerprint density at radius 2 is 1.83 bits per heavy atom. The Morgan fingerprint density at radius 1 is 1.10 bits per heavy atom. The fraction of sp³-hybridized carbons (Fsp3) is 0.261. The van der Waals surface area contributed by atoms with Crippen LogP contribution in [0.15, 0.2) is 65.5 Å². The number of aromatic nitrogens is 3. The second-order valence-electron chi connectivity index (χ2n) is 7.29. The molecule has 0 aliphatic carbocycles. The van der Waals surface area contributed by atoms with Gasteiger partial charge in [-0.3, -0.25) is 14.3 Å². The van der Waals surface area contributed by atoms with Gasteiger partial charge < -0.3 is 5.32 Å². The van der Waals surface area contributed by atoms with E-state index in [1.165, 1.54) is 11.6 Å². The highest BCUT2D eigenvalue weighted by molar-refractivity contribution is 5.94. The molecule has 1 atom stereocenters. The van der Waals surface area contributed by atoms with E-state index in [4.69, 9.17) is 0 Å². The van der Waals surface area contributed by atoms with Crippen LogP contribution in [0.2, 0.25) is 0 Å². The summed E-state index contributed by atoms with van der Waals surface area (Å²) in [5.41, 5.74) is 3.20. The van der Waals surface area contributed by atoms with E-state index >= 15 is 0 Å². The lowest BCUT2D eigenvalue weighted by Gasteiger charge is -2.18. The monoisotopic (exact) mass is 388 g/mol. The van der Waals surface area contributed by atoms with Crippen LogP contribution in [0.4, 0.5) is 0 Å². The highest BCUT2D eigenvalue weighted by Crippen LogP contribution is 2.24. The van der Waals surface area contributed by atoms with E-state index in [9.17, 15) is 9.59 Å². The molecule has 4 aromatic rings. The minimum Gasteiger partial charge on any atom is -0.354 e. The molecule has 2 aromatic carbocycles. The maximum absolute atomic E-state index is 12.9. The van der Waals surface area contributed by atoms with Gasteiger partial charge in [-0.2, -0.15) is 4.98 Å². The lowest BCUT2D eigenvalue weighted by molar-refractivity contribution is -0.124. The number of rotatable bonds is 6. The molecule has 0 radical (unpaired) electrons. The summed E-state index contributed by atoms with van der Waals surface area (Å²) in [5, 5.41) is 3.90. The highest BCUT2D eigenvalue weighted by Gasteiger charge is 2.22. The number of carbonyl (C=O) groups excluding carboxylic acids is 1. The average molecular weight is 388 g/mol. The molecular formula is C23H24N4O2. The van der Waals surface area contributed by atoms with E-state index < -0.39 is 6.04 Å². The Labute approximate surface area is 168 Å². The lowest BCUT2D eigenvalue weighted by atomic mass is 10.1. The molecule has 6 nitrogen and oxygen atoms in total. The molecule has 29 heavy (non-hydrogen) atoms. The third-order valence-corrected chi connectivity index (χ3v) is 5.22. The van der Waals surface area contributed by atoms with Crippen molar-refractivity contribution in [2.75, 3.05) is 6.54 Å². The van der Waals surface area contributed by atoms with Gasteiger partial charge in [-0.1, -0.05) is 42.5 Å². The summed E-state index contributed by atoms with van der Waals surface area (Å²) in [4.78, 5) is 29.0. The number of carbonyl (C=O) groups is 1. The number of benzene rings is 2. The smallest absolute Gasteiger partial charge is 0.273 e. The van der Waals surface area contributed by atoms with Gasteiger partial charge in [-0.05, 0) is 44.4 Å². The van der Waals surface area contributed by atoms with Gasteiger partial charge in [0.1, 0.15) is 6.04 Å². The van der Waals surface area contributed by atoms with Crippen molar-refractivity contribution in [1.82, 2.24) is 19.5 Å². The third-order valence-electron chi connectivity index (χ3n) is 5.22. The fourth-order valence-electron chi connectivity index (χ4n) is 3.80. The first-order chi connectivity index (χ1) is 14.1. The molecule has 148 valence electrons. The predicted molar refractivity (Wildman–Crippen MR) is 114 cm³/mol. The largest absolute Gasteiger partial charge is 0.354 e. The number of amides is 1. The summed E-state index contributed by atoms with van der Waals surface area (Å²) in [6.45, 7) is 4.34. The Bertz CT molecular complexity index is 1220. The molecule has 0 saturated heterocycles. The van der Waals surface area contributed by atoms with E-state index in [1.54, 1.807) is 0 Å². The SMILES string of the molecule is Cc1cc(=O)nc2c3ccccc3n([C@H](C)C(=O)NCCCc3ccccc3)n12. The van der Waals surface area contributed by atoms with Crippen LogP contribution in [-0.2, 0) is 11.2 Å². The summed E-state index contributed by atoms with van der Waals surface area (Å²) in [6, 6.07) is 19.0. The van der Waals surface area contributed by atoms with E-state index in [1.807, 2.05) is 65.5 Å². The van der Waals surface area contributed by atoms with Crippen LogP contribution in [0.1, 0.15) is 30.6 Å². The van der Waals surface area contributed by atoms with Gasteiger partial charge in [0.2, 0.25) is 5.91 Å². The zero-order valence-electron chi connectivity index (χ0n) is 16.6. The predicted octanol–water partition coefficient (Wildman–Crippen LogP) is 3.27. The Kier molecular flexibility index (Phi) is 5.16. The molecular weight excluding hydrogens is 364 g/mol. The van der Waals surface area contributed by atoms with Gasteiger partial charge in [-0.15, -0.1) is 0 Å². The van der Waals surface area contributed by atoms with Crippen molar-refractivity contribution >= 4 is 22.5 Å². The van der Waals surface area contributed by atoms with Crippen molar-refractivity contribution in [3.8, 4) is 0 Å². The van der Waals surface area contributed by atoms with Crippen molar-refractivity contribution in [2.45, 2.75) is 32.7 Å². The van der Waals surface area contributed by atoms with Crippen molar-refractivity contribution in [3.05, 3.63) is 82.3 Å². The number of nitrogens with zero attached hydrogens (tertiary/aromatic N) is 3. The van der Waals surface area contributed by atoms with E-state index in [-0.39, 0.29) is 11.5 Å². The van der Waals surface area contributed by atoms with E-state index in [0.29, 0.717) is 12.2 Å². The topological polar surface area (TPSA) is 68.4 Å². The lowest BCUT2D eigenvalue weighted by Crippen LogP contribution is -2.33. The van der Waals surface area contributed by atoms with Gasteiger partial charge in [0, 0.05) is 23.7 Å². The Hall–Kier alpha value is -3.41. The first-order valence-corrected chi connectivity index (χ1v) is 9.87. The van der Waals surface area contributed by atoms with Crippen molar-refractivity contribution in [2.24, 2.45) is 0 Å². The molecule has 0 unspecified atom stereocenters. The van der Waals surface area contributed by atoms with Crippen LogP contribution in [0.3, 0.4) is 0 Å². The van der Waals surface area contributed by atoms with Gasteiger partial charge >= 0.3 is 0 Å². The highest BCUT2D eigenvalue weighted by atomic mass is 16.2. The minimum atomic E-state index is -0.447. The summed E-state index contributed by atoms with van der Waals surface area (Å²) >= 11 is 0. The Morgan fingerprint density at radius 3 is 2.62 bits per heavy atom. The molecule has 2 heterocycles. The van der Waals surface area contributed by atoms with Gasteiger partial charge in [0.25, 0.3) is 5.56 Å². The maximum Gasteiger partial charge on any atom is 0.273 e. The molecule has 4 rings (SSSR count). The molecule has 2 aromatic heterocycles. The van der Waals surface area contributed by atoms with Crippen LogP contribution in [0, 0.1) is 6.92 Å². The first kappa shape index (κ1) is 18.9. The average Bonchev–Trinajstić information content (AvgIpc) is 3.06. The van der Waals surface area contributed by atoms with E-state index in [2.05, 4.69) is 22.4 Å². The molecule has 0 bridgehead atoms.